The molecule has 3 nitrogen and oxygen atoms in total. The fourth-order valence-electron chi connectivity index (χ4n) is 11.0. The molecule has 2 unspecified atom stereocenters. The standard InChI is InChI=1S/C59H47NO2/c1-59(34-14-20-40-17-13-25-47(58(40)59)39-15-3-2-4-16-39)52-26-7-8-27-53(52)60(45-21-11-18-41(35-45)43-30-32-56-50(37-43)48-23-5-9-28-54(48)61-56)46-22-12-19-42(36-46)44-31-33-57-51(38-44)49-24-6-10-29-55(49)62-57/h5-14,17-39,58H,2-4,15-16H2,1H3. The van der Waals surface area contributed by atoms with Crippen molar-refractivity contribution in [3.05, 3.63) is 211 Å². The van der Waals surface area contributed by atoms with E-state index in [-0.39, 0.29) is 11.3 Å². The predicted octanol–water partition coefficient (Wildman–Crippen LogP) is 16.7. The molecule has 7 aromatic carbocycles. The van der Waals surface area contributed by atoms with E-state index >= 15 is 0 Å². The number of hydrogen-bond donors (Lipinski definition) is 0. The van der Waals surface area contributed by atoms with Crippen LogP contribution in [0.4, 0.5) is 17.1 Å². The highest BCUT2D eigenvalue weighted by atomic mass is 16.3. The van der Waals surface area contributed by atoms with Crippen LogP contribution in [0.3, 0.4) is 0 Å². The summed E-state index contributed by atoms with van der Waals surface area (Å²) in [6.45, 7) is 2.48. The smallest absolute Gasteiger partial charge is 0.135 e. The van der Waals surface area contributed by atoms with Crippen molar-refractivity contribution < 1.29 is 8.83 Å². The van der Waals surface area contributed by atoms with E-state index in [1.54, 1.807) is 5.57 Å². The van der Waals surface area contributed by atoms with Crippen LogP contribution >= 0.6 is 0 Å². The van der Waals surface area contributed by atoms with Gasteiger partial charge in [-0.2, -0.15) is 0 Å². The normalized spacial score (nSPS) is 19.0. The summed E-state index contributed by atoms with van der Waals surface area (Å²) < 4.78 is 12.5. The summed E-state index contributed by atoms with van der Waals surface area (Å²) >= 11 is 0. The van der Waals surface area contributed by atoms with Crippen LogP contribution in [0.15, 0.2) is 214 Å². The highest BCUT2D eigenvalue weighted by molar-refractivity contribution is 6.07. The molecule has 0 radical (unpaired) electrons. The summed E-state index contributed by atoms with van der Waals surface area (Å²) in [4.78, 5) is 2.50. The summed E-state index contributed by atoms with van der Waals surface area (Å²) in [6.07, 6.45) is 20.8. The Morgan fingerprint density at radius 1 is 0.500 bits per heavy atom. The van der Waals surface area contributed by atoms with Gasteiger partial charge in [0.15, 0.2) is 0 Å². The van der Waals surface area contributed by atoms with Gasteiger partial charge in [0.1, 0.15) is 22.3 Å². The summed E-state index contributed by atoms with van der Waals surface area (Å²) in [5.74, 6) is 0.869. The third-order valence-electron chi connectivity index (χ3n) is 14.0. The SMILES string of the molecule is CC1(c2ccccc2N(c2cccc(-c3ccc4oc5ccccc5c4c3)c2)c2cccc(-c3ccc4oc5ccccc5c4c3)c2)C=CC=C2C=CC=C(C3CCCCC3)C21. The molecule has 2 atom stereocenters. The third kappa shape index (κ3) is 6.10. The van der Waals surface area contributed by atoms with Crippen molar-refractivity contribution in [3.8, 4) is 22.3 Å². The lowest BCUT2D eigenvalue weighted by molar-refractivity contribution is 0.346. The van der Waals surface area contributed by atoms with Crippen LogP contribution in [0.25, 0.3) is 66.1 Å². The molecule has 0 N–H and O–H groups in total. The van der Waals surface area contributed by atoms with Crippen LogP contribution in [0.1, 0.15) is 44.6 Å². The molecular formula is C59H47NO2. The van der Waals surface area contributed by atoms with E-state index in [0.717, 1.165) is 77.5 Å². The fourth-order valence-corrected chi connectivity index (χ4v) is 11.0. The molecule has 0 amide bonds. The molecule has 0 aliphatic heterocycles. The summed E-state index contributed by atoms with van der Waals surface area (Å²) in [5, 5.41) is 4.53. The Kier molecular flexibility index (Phi) is 8.78. The highest BCUT2D eigenvalue weighted by Gasteiger charge is 2.43. The van der Waals surface area contributed by atoms with E-state index in [9.17, 15) is 0 Å². The average molecular weight is 802 g/mol. The van der Waals surface area contributed by atoms with E-state index in [0.29, 0.717) is 5.92 Å². The third-order valence-corrected chi connectivity index (χ3v) is 14.0. The lowest BCUT2D eigenvalue weighted by Gasteiger charge is -2.45. The average Bonchev–Trinajstić information content (AvgIpc) is 3.90. The zero-order valence-electron chi connectivity index (χ0n) is 34.9. The van der Waals surface area contributed by atoms with Crippen molar-refractivity contribution in [3.63, 3.8) is 0 Å². The molecule has 1 saturated carbocycles. The minimum absolute atomic E-state index is 0.259. The number of rotatable bonds is 7. The van der Waals surface area contributed by atoms with Crippen LogP contribution in [-0.2, 0) is 5.41 Å². The van der Waals surface area contributed by atoms with Crippen LogP contribution < -0.4 is 4.90 Å². The molecule has 3 aliphatic carbocycles. The van der Waals surface area contributed by atoms with E-state index in [4.69, 9.17) is 8.83 Å². The molecule has 9 aromatic rings. The number of nitrogens with zero attached hydrogens (tertiary/aromatic N) is 1. The monoisotopic (exact) mass is 801 g/mol. The van der Waals surface area contributed by atoms with Gasteiger partial charge in [0, 0.05) is 44.3 Å². The molecule has 2 aromatic heterocycles. The van der Waals surface area contributed by atoms with E-state index in [2.05, 4.69) is 182 Å². The largest absolute Gasteiger partial charge is 0.456 e. The van der Waals surface area contributed by atoms with Gasteiger partial charge in [-0.05, 0) is 119 Å². The first-order valence-corrected chi connectivity index (χ1v) is 22.3. The summed E-state index contributed by atoms with van der Waals surface area (Å²) in [5.41, 5.74) is 15.7. The van der Waals surface area contributed by atoms with Crippen molar-refractivity contribution in [2.75, 3.05) is 4.90 Å². The van der Waals surface area contributed by atoms with Crippen molar-refractivity contribution in [1.82, 2.24) is 0 Å². The molecule has 3 heteroatoms. The van der Waals surface area contributed by atoms with Crippen LogP contribution in [-0.4, -0.2) is 0 Å². The van der Waals surface area contributed by atoms with E-state index in [1.165, 1.54) is 48.9 Å². The Hall–Kier alpha value is -7.10. The van der Waals surface area contributed by atoms with Gasteiger partial charge >= 0.3 is 0 Å². The zero-order chi connectivity index (χ0) is 41.2. The molecule has 3 aliphatic rings. The predicted molar refractivity (Wildman–Crippen MR) is 258 cm³/mol. The Labute approximate surface area is 362 Å². The van der Waals surface area contributed by atoms with Gasteiger partial charge < -0.3 is 13.7 Å². The quantitative estimate of drug-likeness (QED) is 0.161. The van der Waals surface area contributed by atoms with E-state index in [1.807, 2.05) is 24.3 Å². The first-order valence-electron chi connectivity index (χ1n) is 22.3. The zero-order valence-corrected chi connectivity index (χ0v) is 34.9. The van der Waals surface area contributed by atoms with Gasteiger partial charge in [-0.1, -0.05) is 159 Å². The first-order chi connectivity index (χ1) is 30.6. The highest BCUT2D eigenvalue weighted by Crippen LogP contribution is 2.54. The number of anilines is 3. The molecule has 300 valence electrons. The maximum absolute atomic E-state index is 6.24. The molecule has 62 heavy (non-hydrogen) atoms. The second-order valence-corrected chi connectivity index (χ2v) is 17.7. The van der Waals surface area contributed by atoms with Crippen molar-refractivity contribution in [2.45, 2.75) is 44.4 Å². The topological polar surface area (TPSA) is 29.5 Å². The molecule has 1 fully saturated rings. The molecular weight excluding hydrogens is 755 g/mol. The summed E-state index contributed by atoms with van der Waals surface area (Å²) in [6, 6.07) is 57.1. The minimum Gasteiger partial charge on any atom is -0.456 e. The van der Waals surface area contributed by atoms with Gasteiger partial charge in [-0.25, -0.2) is 0 Å². The first kappa shape index (κ1) is 36.7. The van der Waals surface area contributed by atoms with Gasteiger partial charge in [-0.3, -0.25) is 0 Å². The molecule has 0 bridgehead atoms. The second-order valence-electron chi connectivity index (χ2n) is 17.7. The Bertz CT molecular complexity index is 3170. The van der Waals surface area contributed by atoms with Gasteiger partial charge in [-0.15, -0.1) is 0 Å². The van der Waals surface area contributed by atoms with E-state index < -0.39 is 0 Å². The Morgan fingerprint density at radius 2 is 1.06 bits per heavy atom. The summed E-state index contributed by atoms with van der Waals surface area (Å²) in [7, 11) is 0. The lowest BCUT2D eigenvalue weighted by atomic mass is 9.59. The molecule has 12 rings (SSSR count). The Balaban J connectivity index is 1.03. The number of para-hydroxylation sites is 3. The van der Waals surface area contributed by atoms with Crippen LogP contribution in [0, 0.1) is 11.8 Å². The number of benzene rings is 7. The maximum Gasteiger partial charge on any atom is 0.135 e. The molecule has 0 spiro atoms. The van der Waals surface area contributed by atoms with Gasteiger partial charge in [0.05, 0.1) is 5.69 Å². The second kappa shape index (κ2) is 14.8. The number of furan rings is 2. The van der Waals surface area contributed by atoms with Crippen molar-refractivity contribution in [1.29, 1.82) is 0 Å². The van der Waals surface area contributed by atoms with Gasteiger partial charge in [0.2, 0.25) is 0 Å². The lowest BCUT2D eigenvalue weighted by Crippen LogP contribution is -2.38. The molecule has 2 heterocycles. The maximum atomic E-state index is 6.24. The Morgan fingerprint density at radius 3 is 1.71 bits per heavy atom. The number of allylic oxidation sites excluding steroid dienone is 8. The number of fused-ring (bicyclic) bond motifs is 7. The van der Waals surface area contributed by atoms with Crippen LogP contribution in [0.2, 0.25) is 0 Å². The minimum atomic E-state index is -0.289. The van der Waals surface area contributed by atoms with Crippen molar-refractivity contribution >= 4 is 60.9 Å². The fraction of sp³-hybridized carbons (Fsp3) is 0.153. The van der Waals surface area contributed by atoms with Crippen LogP contribution in [0.5, 0.6) is 0 Å². The number of hydrogen-bond acceptors (Lipinski definition) is 3. The van der Waals surface area contributed by atoms with Gasteiger partial charge in [0.25, 0.3) is 0 Å². The van der Waals surface area contributed by atoms with Crippen molar-refractivity contribution in [2.24, 2.45) is 11.8 Å². The molecule has 0 saturated heterocycles.